The van der Waals surface area contributed by atoms with Crippen LogP contribution in [0.3, 0.4) is 0 Å². The van der Waals surface area contributed by atoms with E-state index in [1.165, 1.54) is 0 Å². The third kappa shape index (κ3) is 2.85. The number of nitrogens with zero attached hydrogens (tertiary/aromatic N) is 2. The molecule has 1 aliphatic rings. The molecule has 1 fully saturated rings. The molecule has 6 nitrogen and oxygen atoms in total. The van der Waals surface area contributed by atoms with Gasteiger partial charge in [0.05, 0.1) is 23.4 Å². The summed E-state index contributed by atoms with van der Waals surface area (Å²) in [4.78, 5) is 14.9. The molecule has 3 heterocycles. The van der Waals surface area contributed by atoms with E-state index in [1.54, 1.807) is 18.3 Å². The average Bonchev–Trinajstić information content (AvgIpc) is 3.08. The van der Waals surface area contributed by atoms with Crippen LogP contribution in [0.5, 0.6) is 0 Å². The first-order chi connectivity index (χ1) is 10.1. The van der Waals surface area contributed by atoms with Crippen LogP contribution in [-0.2, 0) is 16.1 Å². The summed E-state index contributed by atoms with van der Waals surface area (Å²) in [5, 5.41) is 9.24. The second-order valence-corrected chi connectivity index (χ2v) is 6.35. The van der Waals surface area contributed by atoms with Crippen molar-refractivity contribution in [1.82, 2.24) is 15.1 Å². The molecule has 0 bridgehead atoms. The number of carbonyl (C=O) groups is 1. The van der Waals surface area contributed by atoms with E-state index < -0.39 is 11.5 Å². The molecule has 0 spiro atoms. The molecule has 3 rings (SSSR count). The third-order valence-electron chi connectivity index (χ3n) is 3.75. The van der Waals surface area contributed by atoms with Gasteiger partial charge in [0.25, 0.3) is 5.91 Å². The summed E-state index contributed by atoms with van der Waals surface area (Å²) < 4.78 is 5.54. The predicted molar refractivity (Wildman–Crippen MR) is 80.7 cm³/mol. The molecule has 0 saturated carbocycles. The van der Waals surface area contributed by atoms with Gasteiger partial charge in [-0.2, -0.15) is 5.10 Å². The molecule has 1 atom stereocenters. The minimum Gasteiger partial charge on any atom is -0.367 e. The van der Waals surface area contributed by atoms with Gasteiger partial charge in [-0.05, 0) is 18.4 Å². The summed E-state index contributed by atoms with van der Waals surface area (Å²) >= 11 is 1.67. The van der Waals surface area contributed by atoms with Crippen molar-refractivity contribution >= 4 is 17.2 Å². The number of ether oxygens (including phenoxy) is 1. The molecule has 1 saturated heterocycles. The van der Waals surface area contributed by atoms with E-state index in [0.717, 1.165) is 29.2 Å². The lowest BCUT2D eigenvalue weighted by Crippen LogP contribution is -2.56. The van der Waals surface area contributed by atoms with Gasteiger partial charge in [0, 0.05) is 25.2 Å². The highest BCUT2D eigenvalue weighted by atomic mass is 32.1. The van der Waals surface area contributed by atoms with Gasteiger partial charge in [-0.15, -0.1) is 11.3 Å². The normalized spacial score (nSPS) is 23.3. The number of thiophene rings is 1. The topological polar surface area (TPSA) is 84.2 Å². The number of carbonyl (C=O) groups excluding carboxylic acids is 1. The number of amides is 1. The monoisotopic (exact) mass is 306 g/mol. The van der Waals surface area contributed by atoms with Gasteiger partial charge in [-0.25, -0.2) is 0 Å². The number of nitrogens with one attached hydrogen (secondary N) is 1. The Bertz CT molecular complexity index is 625. The van der Waals surface area contributed by atoms with Crippen molar-refractivity contribution in [3.63, 3.8) is 0 Å². The number of rotatable bonds is 4. The predicted octanol–water partition coefficient (Wildman–Crippen LogP) is 1.21. The third-order valence-corrected chi connectivity index (χ3v) is 4.64. The van der Waals surface area contributed by atoms with Gasteiger partial charge in [0.15, 0.2) is 5.60 Å². The lowest BCUT2D eigenvalue weighted by atomic mass is 10.0. The van der Waals surface area contributed by atoms with E-state index >= 15 is 0 Å². The lowest BCUT2D eigenvalue weighted by Gasteiger charge is -2.38. The maximum atomic E-state index is 11.5. The molecule has 7 heteroatoms. The Morgan fingerprint density at radius 2 is 2.52 bits per heavy atom. The molecule has 1 unspecified atom stereocenters. The maximum absolute atomic E-state index is 11.5. The van der Waals surface area contributed by atoms with Crippen LogP contribution in [-0.4, -0.2) is 46.3 Å². The van der Waals surface area contributed by atoms with E-state index in [-0.39, 0.29) is 0 Å². The Balaban J connectivity index is 1.76. The van der Waals surface area contributed by atoms with E-state index in [2.05, 4.69) is 21.2 Å². The number of aromatic amines is 1. The van der Waals surface area contributed by atoms with Crippen molar-refractivity contribution in [2.45, 2.75) is 19.1 Å². The van der Waals surface area contributed by atoms with Gasteiger partial charge in [-0.1, -0.05) is 6.07 Å². The molecule has 2 aromatic rings. The fourth-order valence-corrected chi connectivity index (χ4v) is 3.30. The van der Waals surface area contributed by atoms with Crippen molar-refractivity contribution in [1.29, 1.82) is 0 Å². The van der Waals surface area contributed by atoms with Crippen LogP contribution in [0.2, 0.25) is 0 Å². The van der Waals surface area contributed by atoms with Crippen LogP contribution in [0.4, 0.5) is 0 Å². The minimum absolute atomic E-state index is 0.419. The van der Waals surface area contributed by atoms with Gasteiger partial charge < -0.3 is 10.5 Å². The summed E-state index contributed by atoms with van der Waals surface area (Å²) in [6.45, 7) is 4.24. The van der Waals surface area contributed by atoms with Crippen LogP contribution in [0, 0.1) is 0 Å². The van der Waals surface area contributed by atoms with E-state index in [4.69, 9.17) is 10.5 Å². The molecule has 3 N–H and O–H groups in total. The lowest BCUT2D eigenvalue weighted by molar-refractivity contribution is -0.153. The second kappa shape index (κ2) is 5.59. The number of hydrogen-bond donors (Lipinski definition) is 2. The Morgan fingerprint density at radius 3 is 3.24 bits per heavy atom. The molecule has 0 radical (unpaired) electrons. The molecular formula is C14H18N4O2S. The quantitative estimate of drug-likeness (QED) is 0.889. The zero-order valence-electron chi connectivity index (χ0n) is 11.8. The maximum Gasteiger partial charge on any atom is 0.250 e. The van der Waals surface area contributed by atoms with Crippen LogP contribution < -0.4 is 5.73 Å². The molecular weight excluding hydrogens is 288 g/mol. The van der Waals surface area contributed by atoms with Crippen LogP contribution in [0.1, 0.15) is 12.5 Å². The van der Waals surface area contributed by atoms with Crippen molar-refractivity contribution in [2.24, 2.45) is 5.73 Å². The standard InChI is InChI=1S/C14H18N4O2S/c1-14(13(15)19)9-18(4-5-20-14)8-10-7-16-17-12(10)11-3-2-6-21-11/h2-3,6-7H,4-5,8-9H2,1H3,(H2,15,19)(H,16,17). The summed E-state index contributed by atoms with van der Waals surface area (Å²) in [6.07, 6.45) is 1.84. The zero-order chi connectivity index (χ0) is 14.9. The molecule has 21 heavy (non-hydrogen) atoms. The largest absolute Gasteiger partial charge is 0.367 e. The second-order valence-electron chi connectivity index (χ2n) is 5.40. The Kier molecular flexibility index (Phi) is 3.79. The first-order valence-corrected chi connectivity index (χ1v) is 7.69. The van der Waals surface area contributed by atoms with Crippen LogP contribution in [0.15, 0.2) is 23.7 Å². The van der Waals surface area contributed by atoms with E-state index in [1.807, 2.05) is 17.6 Å². The van der Waals surface area contributed by atoms with Crippen molar-refractivity contribution < 1.29 is 9.53 Å². The van der Waals surface area contributed by atoms with Crippen LogP contribution in [0.25, 0.3) is 10.6 Å². The first-order valence-electron chi connectivity index (χ1n) is 6.81. The smallest absolute Gasteiger partial charge is 0.250 e. The SMILES string of the molecule is CC1(C(N)=O)CN(Cc2cn[nH]c2-c2cccs2)CCO1. The van der Waals surface area contributed by atoms with Crippen LogP contribution >= 0.6 is 11.3 Å². The Labute approximate surface area is 126 Å². The van der Waals surface area contributed by atoms with Crippen molar-refractivity contribution in [3.8, 4) is 10.6 Å². The molecule has 1 aliphatic heterocycles. The van der Waals surface area contributed by atoms with Gasteiger partial charge in [0.2, 0.25) is 0 Å². The Hall–Kier alpha value is -1.70. The highest BCUT2D eigenvalue weighted by Gasteiger charge is 2.37. The average molecular weight is 306 g/mol. The van der Waals surface area contributed by atoms with Gasteiger partial charge in [0.1, 0.15) is 0 Å². The number of nitrogens with two attached hydrogens (primary N) is 1. The summed E-state index contributed by atoms with van der Waals surface area (Å²) in [7, 11) is 0. The molecule has 2 aromatic heterocycles. The van der Waals surface area contributed by atoms with Crippen molar-refractivity contribution in [2.75, 3.05) is 19.7 Å². The highest BCUT2D eigenvalue weighted by Crippen LogP contribution is 2.27. The number of morpholine rings is 1. The Morgan fingerprint density at radius 1 is 1.67 bits per heavy atom. The fourth-order valence-electron chi connectivity index (χ4n) is 2.54. The molecule has 112 valence electrons. The van der Waals surface area contributed by atoms with Gasteiger partial charge >= 0.3 is 0 Å². The zero-order valence-corrected chi connectivity index (χ0v) is 12.7. The highest BCUT2D eigenvalue weighted by molar-refractivity contribution is 7.13. The number of hydrogen-bond acceptors (Lipinski definition) is 5. The first kappa shape index (κ1) is 14.2. The van der Waals surface area contributed by atoms with E-state index in [9.17, 15) is 4.79 Å². The summed E-state index contributed by atoms with van der Waals surface area (Å²) in [5.41, 5.74) is 6.68. The molecule has 0 aromatic carbocycles. The molecule has 0 aliphatic carbocycles. The fraction of sp³-hybridized carbons (Fsp3) is 0.429. The minimum atomic E-state index is -0.912. The van der Waals surface area contributed by atoms with Crippen molar-refractivity contribution in [3.05, 3.63) is 29.3 Å². The van der Waals surface area contributed by atoms with Gasteiger partial charge in [-0.3, -0.25) is 14.8 Å². The van der Waals surface area contributed by atoms with E-state index in [0.29, 0.717) is 13.2 Å². The summed E-state index contributed by atoms with van der Waals surface area (Å²) in [6, 6.07) is 4.08. The number of primary amides is 1. The molecule has 1 amide bonds. The summed E-state index contributed by atoms with van der Waals surface area (Å²) in [5.74, 6) is -0.419. The number of H-pyrrole nitrogens is 1. The number of aromatic nitrogens is 2.